The molecule has 9 aliphatic rings. The molecule has 0 saturated heterocycles. The van der Waals surface area contributed by atoms with Gasteiger partial charge in [-0.1, -0.05) is 126 Å². The second-order valence-corrected chi connectivity index (χ2v) is 29.0. The molecule has 1 saturated carbocycles. The first-order chi connectivity index (χ1) is 32.3. The van der Waals surface area contributed by atoms with Gasteiger partial charge in [0.2, 0.25) is 0 Å². The highest BCUT2D eigenvalue weighted by Gasteiger charge is 2.58. The highest BCUT2D eigenvalue weighted by Crippen LogP contribution is 2.65. The van der Waals surface area contributed by atoms with Gasteiger partial charge in [-0.05, 0) is 225 Å². The normalized spacial score (nSPS) is 28.0. The Morgan fingerprint density at radius 1 is 0.580 bits per heavy atom. The first kappa shape index (κ1) is 46.0. The standard InChI is InChI=1S/C65H79BN2S/c1-39-31-54-56-55(32-39)68(52-33-42(22-21-40(52)2)41-19-17-16-18-20-41)57-49-35-46-50(64(13,14)30-29-61(46,7)8)38-65(49,15)69-58(57)66(56)51-36-47-48(63(11,12)28-27-62(47,9)10)37-53(51)67(54)43-23-24-44-45(34-43)60(5,6)26-25-59(44,3)4/h16-17,19,23-24,31-38,49H,18,20-22,25-30H2,1-15H3. The van der Waals surface area contributed by atoms with Crippen molar-refractivity contribution in [3.05, 3.63) is 151 Å². The zero-order valence-corrected chi connectivity index (χ0v) is 45.9. The molecular weight excluding hydrogens is 852 g/mol. The quantitative estimate of drug-likeness (QED) is 0.242. The van der Waals surface area contributed by atoms with Gasteiger partial charge < -0.3 is 9.80 Å². The lowest BCUT2D eigenvalue weighted by Crippen LogP contribution is -2.56. The van der Waals surface area contributed by atoms with Crippen molar-refractivity contribution >= 4 is 52.1 Å². The maximum absolute atomic E-state index is 2.87. The van der Waals surface area contributed by atoms with Crippen LogP contribution in [0.2, 0.25) is 0 Å². The molecule has 3 heterocycles. The van der Waals surface area contributed by atoms with Gasteiger partial charge in [0.05, 0.1) is 0 Å². The fraction of sp³-hybridized carbons (Fsp3) is 0.508. The molecule has 6 aliphatic carbocycles. The highest BCUT2D eigenvalue weighted by atomic mass is 32.2. The monoisotopic (exact) mass is 931 g/mol. The molecule has 2 atom stereocenters. The van der Waals surface area contributed by atoms with E-state index in [1.807, 2.05) is 0 Å². The summed E-state index contributed by atoms with van der Waals surface area (Å²) in [6, 6.07) is 18.3. The van der Waals surface area contributed by atoms with E-state index in [9.17, 15) is 0 Å². The molecule has 4 heteroatoms. The Labute approximate surface area is 421 Å². The molecule has 0 radical (unpaired) electrons. The van der Waals surface area contributed by atoms with Gasteiger partial charge in [0.1, 0.15) is 0 Å². The summed E-state index contributed by atoms with van der Waals surface area (Å²) >= 11 is 2.23. The average Bonchev–Trinajstić information content (AvgIpc) is 3.60. The number of nitrogens with zero attached hydrogens (tertiary/aromatic N) is 2. The van der Waals surface area contributed by atoms with Crippen LogP contribution in [0.3, 0.4) is 0 Å². The molecule has 2 nitrogen and oxygen atoms in total. The van der Waals surface area contributed by atoms with Crippen molar-refractivity contribution in [2.45, 2.75) is 194 Å². The Morgan fingerprint density at radius 3 is 1.83 bits per heavy atom. The van der Waals surface area contributed by atoms with Crippen LogP contribution in [-0.4, -0.2) is 11.5 Å². The van der Waals surface area contributed by atoms with E-state index in [1.54, 1.807) is 27.1 Å². The van der Waals surface area contributed by atoms with Crippen molar-refractivity contribution in [2.24, 2.45) is 16.7 Å². The van der Waals surface area contributed by atoms with E-state index in [0.29, 0.717) is 0 Å². The van der Waals surface area contributed by atoms with Gasteiger partial charge in [-0.3, -0.25) is 0 Å². The fourth-order valence-corrected chi connectivity index (χ4v) is 16.5. The zero-order valence-electron chi connectivity index (χ0n) is 45.0. The second-order valence-electron chi connectivity index (χ2n) is 27.5. The van der Waals surface area contributed by atoms with Crippen LogP contribution in [0.15, 0.2) is 123 Å². The highest BCUT2D eigenvalue weighted by molar-refractivity contribution is 8.07. The van der Waals surface area contributed by atoms with E-state index < -0.39 is 0 Å². The topological polar surface area (TPSA) is 6.48 Å². The molecule has 0 aromatic heterocycles. The van der Waals surface area contributed by atoms with E-state index in [0.717, 1.165) is 25.7 Å². The molecular formula is C65H79BN2S. The largest absolute Gasteiger partial charge is 0.314 e. The van der Waals surface area contributed by atoms with Crippen molar-refractivity contribution in [3.8, 4) is 0 Å². The lowest BCUT2D eigenvalue weighted by atomic mass is 9.36. The molecule has 2 unspecified atom stereocenters. The number of anilines is 4. The summed E-state index contributed by atoms with van der Waals surface area (Å²) in [5.41, 5.74) is 27.3. The first-order valence-corrected chi connectivity index (χ1v) is 27.9. The Bertz CT molecular complexity index is 3040. The van der Waals surface area contributed by atoms with Crippen molar-refractivity contribution in [1.82, 2.24) is 0 Å². The van der Waals surface area contributed by atoms with E-state index in [1.165, 1.54) is 117 Å². The summed E-state index contributed by atoms with van der Waals surface area (Å²) in [4.78, 5) is 7.21. The molecule has 358 valence electrons. The molecule has 3 aliphatic heterocycles. The van der Waals surface area contributed by atoms with Crippen LogP contribution in [0.1, 0.15) is 189 Å². The molecule has 3 aromatic rings. The average molecular weight is 931 g/mol. The number of fused-ring (bicyclic) bond motifs is 8. The first-order valence-electron chi connectivity index (χ1n) is 27.1. The summed E-state index contributed by atoms with van der Waals surface area (Å²) in [6.45, 7) is 37.7. The molecule has 12 rings (SSSR count). The molecule has 0 amide bonds. The van der Waals surface area contributed by atoms with Crippen molar-refractivity contribution in [1.29, 1.82) is 0 Å². The maximum Gasteiger partial charge on any atom is 0.259 e. The maximum atomic E-state index is 2.87. The predicted molar refractivity (Wildman–Crippen MR) is 300 cm³/mol. The number of benzene rings is 3. The third kappa shape index (κ3) is 6.71. The number of rotatable bonds is 3. The Morgan fingerprint density at radius 2 is 1.17 bits per heavy atom. The minimum Gasteiger partial charge on any atom is -0.314 e. The number of hydrogen-bond acceptors (Lipinski definition) is 3. The predicted octanol–water partition coefficient (Wildman–Crippen LogP) is 16.8. The Kier molecular flexibility index (Phi) is 9.81. The van der Waals surface area contributed by atoms with Gasteiger partial charge in [-0.2, -0.15) is 0 Å². The fourth-order valence-electron chi connectivity index (χ4n) is 14.9. The van der Waals surface area contributed by atoms with Crippen LogP contribution in [0, 0.1) is 23.7 Å². The summed E-state index contributed by atoms with van der Waals surface area (Å²) in [5, 5.41) is 0. The number of thioether (sulfide) groups is 1. The Hall–Kier alpha value is -4.15. The lowest BCUT2D eigenvalue weighted by Gasteiger charge is -2.50. The molecule has 69 heavy (non-hydrogen) atoms. The van der Waals surface area contributed by atoms with Crippen LogP contribution in [-0.2, 0) is 21.7 Å². The number of allylic oxidation sites excluding steroid dienone is 10. The van der Waals surface area contributed by atoms with E-state index in [4.69, 9.17) is 0 Å². The van der Waals surface area contributed by atoms with Crippen molar-refractivity contribution < 1.29 is 0 Å². The minimum atomic E-state index is -0.125. The van der Waals surface area contributed by atoms with E-state index >= 15 is 0 Å². The molecule has 1 fully saturated rings. The number of aryl methyl sites for hydroxylation is 1. The van der Waals surface area contributed by atoms with Crippen molar-refractivity contribution in [3.63, 3.8) is 0 Å². The smallest absolute Gasteiger partial charge is 0.259 e. The molecule has 3 aromatic carbocycles. The zero-order chi connectivity index (χ0) is 48.7. The summed E-state index contributed by atoms with van der Waals surface area (Å²) in [7, 11) is 0. The SMILES string of the molecule is CC1=C(N2C3=C(SC4(C)C=C5C(=CC34)C(C)(C)CCC5(C)C)B3c4cc5c(cc4N(c4ccc6c(c4)C(C)(C)CCC6(C)C)c4cc(C)cc2c43)C(C)(C)CCC5(C)C)C=C(C2=CC=CCC2)CC1. The lowest BCUT2D eigenvalue weighted by molar-refractivity contribution is 0.253. The third-order valence-corrected chi connectivity index (χ3v) is 21.2. The summed E-state index contributed by atoms with van der Waals surface area (Å²) in [5.74, 6) is 0.234. The van der Waals surface area contributed by atoms with E-state index in [2.05, 4.69) is 204 Å². The third-order valence-electron chi connectivity index (χ3n) is 19.8. The summed E-state index contributed by atoms with van der Waals surface area (Å²) in [6.07, 6.45) is 27.1. The molecule has 0 bridgehead atoms. The van der Waals surface area contributed by atoms with Gasteiger partial charge >= 0.3 is 0 Å². The minimum absolute atomic E-state index is 0.0800. The van der Waals surface area contributed by atoms with Gasteiger partial charge in [-0.15, -0.1) is 11.8 Å². The van der Waals surface area contributed by atoms with Crippen LogP contribution in [0.25, 0.3) is 0 Å². The van der Waals surface area contributed by atoms with Crippen LogP contribution < -0.4 is 20.7 Å². The van der Waals surface area contributed by atoms with E-state index in [-0.39, 0.29) is 49.9 Å². The van der Waals surface area contributed by atoms with Gasteiger partial charge in [0, 0.05) is 44.8 Å². The second kappa shape index (κ2) is 14.7. The summed E-state index contributed by atoms with van der Waals surface area (Å²) < 4.78 is -0.125. The van der Waals surface area contributed by atoms with Gasteiger partial charge in [0.25, 0.3) is 6.71 Å². The van der Waals surface area contributed by atoms with Crippen molar-refractivity contribution in [2.75, 3.05) is 9.80 Å². The van der Waals surface area contributed by atoms with Crippen LogP contribution in [0.4, 0.5) is 22.7 Å². The van der Waals surface area contributed by atoms with Gasteiger partial charge in [0.15, 0.2) is 0 Å². The van der Waals surface area contributed by atoms with Gasteiger partial charge in [-0.25, -0.2) is 0 Å². The number of hydrogen-bond donors (Lipinski definition) is 0. The molecule has 0 spiro atoms. The van der Waals surface area contributed by atoms with Crippen LogP contribution >= 0.6 is 11.8 Å². The molecule has 0 N–H and O–H groups in total. The Balaban J connectivity index is 1.18. The van der Waals surface area contributed by atoms with Crippen LogP contribution in [0.5, 0.6) is 0 Å².